The molecular formula is C28H28ClNO6. The van der Waals surface area contributed by atoms with Crippen molar-refractivity contribution < 1.29 is 28.5 Å². The molecule has 36 heavy (non-hydrogen) atoms. The van der Waals surface area contributed by atoms with Gasteiger partial charge in [0.2, 0.25) is 5.75 Å². The molecule has 2 aromatic carbocycles. The van der Waals surface area contributed by atoms with E-state index in [1.807, 2.05) is 18.2 Å². The zero-order valence-electron chi connectivity index (χ0n) is 20.0. The zero-order valence-corrected chi connectivity index (χ0v) is 20.7. The van der Waals surface area contributed by atoms with Crippen LogP contribution in [0.5, 0.6) is 28.7 Å². The maximum absolute atomic E-state index is 12.3. The quantitative estimate of drug-likeness (QED) is 0.373. The number of ether oxygens (including phenoxy) is 5. The van der Waals surface area contributed by atoms with Gasteiger partial charge in [0.1, 0.15) is 36.6 Å². The van der Waals surface area contributed by atoms with Crippen LogP contribution >= 0.6 is 11.6 Å². The number of nitrogens with zero attached hydrogens (tertiary/aromatic N) is 1. The predicted molar refractivity (Wildman–Crippen MR) is 135 cm³/mol. The lowest BCUT2D eigenvalue weighted by Gasteiger charge is -2.27. The van der Waals surface area contributed by atoms with Crippen molar-refractivity contribution in [3.05, 3.63) is 47.1 Å². The summed E-state index contributed by atoms with van der Waals surface area (Å²) in [5.41, 5.74) is 1.51. The average molecular weight is 510 g/mol. The van der Waals surface area contributed by atoms with Crippen molar-refractivity contribution >= 4 is 28.3 Å². The lowest BCUT2D eigenvalue weighted by Crippen LogP contribution is -2.26. The third-order valence-electron chi connectivity index (χ3n) is 6.76. The summed E-state index contributed by atoms with van der Waals surface area (Å²) in [6.07, 6.45) is 6.72. The van der Waals surface area contributed by atoms with Crippen molar-refractivity contribution in [2.75, 3.05) is 26.4 Å². The van der Waals surface area contributed by atoms with E-state index in [4.69, 9.17) is 35.3 Å². The van der Waals surface area contributed by atoms with Crippen molar-refractivity contribution in [3.8, 4) is 28.7 Å². The highest BCUT2D eigenvalue weighted by molar-refractivity contribution is 6.31. The SMILES string of the molecule is O=C(Cc1ccc(Oc2ccnc3cc(OC4CCOCC4)c4c(c23)OCCO4)cc1Cl)CC1CC1. The van der Waals surface area contributed by atoms with Gasteiger partial charge in [-0.25, -0.2) is 0 Å². The van der Waals surface area contributed by atoms with E-state index in [1.54, 1.807) is 18.3 Å². The highest BCUT2D eigenvalue weighted by atomic mass is 35.5. The van der Waals surface area contributed by atoms with E-state index in [9.17, 15) is 4.79 Å². The summed E-state index contributed by atoms with van der Waals surface area (Å²) < 4.78 is 30.1. The van der Waals surface area contributed by atoms with Crippen LogP contribution in [0, 0.1) is 5.92 Å². The fraction of sp³-hybridized carbons (Fsp3) is 0.429. The molecule has 0 atom stereocenters. The first kappa shape index (κ1) is 23.4. The molecule has 7 nitrogen and oxygen atoms in total. The molecule has 1 saturated heterocycles. The molecule has 8 heteroatoms. The maximum atomic E-state index is 12.3. The fourth-order valence-corrected chi connectivity index (χ4v) is 4.95. The highest BCUT2D eigenvalue weighted by Crippen LogP contribution is 2.49. The Balaban J connectivity index is 1.28. The van der Waals surface area contributed by atoms with Gasteiger partial charge in [0.25, 0.3) is 0 Å². The van der Waals surface area contributed by atoms with Gasteiger partial charge in [0.05, 0.1) is 24.1 Å². The van der Waals surface area contributed by atoms with Gasteiger partial charge < -0.3 is 23.7 Å². The minimum absolute atomic E-state index is 0.0575. The molecular weight excluding hydrogens is 482 g/mol. The van der Waals surface area contributed by atoms with Crippen LogP contribution in [0.2, 0.25) is 5.02 Å². The number of fused-ring (bicyclic) bond motifs is 3. The number of aromatic nitrogens is 1. The summed E-state index contributed by atoms with van der Waals surface area (Å²) >= 11 is 6.52. The van der Waals surface area contributed by atoms with Crippen molar-refractivity contribution in [1.82, 2.24) is 4.98 Å². The molecule has 0 unspecified atom stereocenters. The number of carbonyl (C=O) groups is 1. The van der Waals surface area contributed by atoms with Crippen LogP contribution in [0.3, 0.4) is 0 Å². The second-order valence-corrected chi connectivity index (χ2v) is 9.99. The fourth-order valence-electron chi connectivity index (χ4n) is 4.71. The van der Waals surface area contributed by atoms with Crippen LogP contribution in [-0.4, -0.2) is 43.3 Å². The van der Waals surface area contributed by atoms with Crippen molar-refractivity contribution in [1.29, 1.82) is 0 Å². The molecule has 1 aromatic heterocycles. The lowest BCUT2D eigenvalue weighted by atomic mass is 10.0. The summed E-state index contributed by atoms with van der Waals surface area (Å²) in [6.45, 7) is 2.23. The van der Waals surface area contributed by atoms with E-state index in [0.717, 1.165) is 31.2 Å². The molecule has 3 heterocycles. The van der Waals surface area contributed by atoms with Gasteiger partial charge in [-0.05, 0) is 42.5 Å². The Hall–Kier alpha value is -3.03. The van der Waals surface area contributed by atoms with Crippen LogP contribution in [0.25, 0.3) is 10.9 Å². The molecule has 1 saturated carbocycles. The highest BCUT2D eigenvalue weighted by Gasteiger charge is 2.27. The predicted octanol–water partition coefficient (Wildman–Crippen LogP) is 5.92. The molecule has 6 rings (SSSR count). The van der Waals surface area contributed by atoms with Crippen LogP contribution in [0.15, 0.2) is 36.5 Å². The molecule has 3 aliphatic rings. The molecule has 2 fully saturated rings. The first-order valence-corrected chi connectivity index (χ1v) is 13.0. The second kappa shape index (κ2) is 10.1. The Bertz CT molecular complexity index is 1280. The molecule has 0 spiro atoms. The van der Waals surface area contributed by atoms with Crippen molar-refractivity contribution in [2.45, 2.75) is 44.6 Å². The number of ketones is 1. The first-order valence-electron chi connectivity index (χ1n) is 12.6. The molecule has 3 aromatic rings. The number of pyridine rings is 1. The van der Waals surface area contributed by atoms with Crippen LogP contribution in [0.1, 0.15) is 37.7 Å². The van der Waals surface area contributed by atoms with E-state index in [2.05, 4.69) is 4.98 Å². The minimum atomic E-state index is 0.0575. The van der Waals surface area contributed by atoms with E-state index >= 15 is 0 Å². The standard InChI is InChI=1S/C28H28ClNO6/c29-22-15-21(4-3-18(22)14-19(31)13-17-1-2-17)36-24-5-8-30-23-16-25(35-20-6-9-32-10-7-20)27-28(26(23)24)34-12-11-33-27/h3-5,8,15-17,20H,1-2,6-7,9-14H2. The van der Waals surface area contributed by atoms with Gasteiger partial charge >= 0.3 is 0 Å². The molecule has 188 valence electrons. The van der Waals surface area contributed by atoms with Gasteiger partial charge in [-0.3, -0.25) is 9.78 Å². The Kier molecular flexibility index (Phi) is 6.59. The average Bonchev–Trinajstić information content (AvgIpc) is 3.70. The summed E-state index contributed by atoms with van der Waals surface area (Å²) in [7, 11) is 0. The Morgan fingerprint density at radius 1 is 0.972 bits per heavy atom. The number of benzene rings is 2. The normalized spacial score (nSPS) is 17.7. The summed E-state index contributed by atoms with van der Waals surface area (Å²) in [4.78, 5) is 16.8. The minimum Gasteiger partial charge on any atom is -0.486 e. The largest absolute Gasteiger partial charge is 0.486 e. The van der Waals surface area contributed by atoms with Crippen LogP contribution in [0.4, 0.5) is 0 Å². The second-order valence-electron chi connectivity index (χ2n) is 9.58. The molecule has 0 bridgehead atoms. The Morgan fingerprint density at radius 3 is 2.56 bits per heavy atom. The van der Waals surface area contributed by atoms with Crippen molar-refractivity contribution in [2.24, 2.45) is 5.92 Å². The molecule has 0 amide bonds. The van der Waals surface area contributed by atoms with Crippen LogP contribution < -0.4 is 18.9 Å². The maximum Gasteiger partial charge on any atom is 0.204 e. The summed E-state index contributed by atoms with van der Waals surface area (Å²) in [6, 6.07) is 9.12. The Morgan fingerprint density at radius 2 is 1.78 bits per heavy atom. The smallest absolute Gasteiger partial charge is 0.204 e. The molecule has 1 aliphatic carbocycles. The third kappa shape index (κ3) is 5.08. The third-order valence-corrected chi connectivity index (χ3v) is 7.11. The first-order chi connectivity index (χ1) is 17.6. The number of hydrogen-bond donors (Lipinski definition) is 0. The van der Waals surface area contributed by atoms with E-state index < -0.39 is 0 Å². The zero-order chi connectivity index (χ0) is 24.5. The number of Topliss-reactive ketones (excluding diaryl/α,β-unsaturated/α-hetero) is 1. The number of halogens is 1. The summed E-state index contributed by atoms with van der Waals surface area (Å²) in [5.74, 6) is 3.70. The van der Waals surface area contributed by atoms with Gasteiger partial charge in [0.15, 0.2) is 11.5 Å². The molecule has 2 aliphatic heterocycles. The molecule has 0 N–H and O–H groups in total. The van der Waals surface area contributed by atoms with E-state index in [1.165, 1.54) is 0 Å². The topological polar surface area (TPSA) is 76.1 Å². The van der Waals surface area contributed by atoms with Gasteiger partial charge in [0, 0.05) is 43.0 Å². The Labute approximate surface area is 214 Å². The number of hydrogen-bond acceptors (Lipinski definition) is 7. The van der Waals surface area contributed by atoms with Gasteiger partial charge in [-0.1, -0.05) is 17.7 Å². The summed E-state index contributed by atoms with van der Waals surface area (Å²) in [5, 5.41) is 1.23. The van der Waals surface area contributed by atoms with Crippen molar-refractivity contribution in [3.63, 3.8) is 0 Å². The monoisotopic (exact) mass is 509 g/mol. The van der Waals surface area contributed by atoms with E-state index in [0.29, 0.717) is 89.9 Å². The molecule has 0 radical (unpaired) electrons. The van der Waals surface area contributed by atoms with E-state index in [-0.39, 0.29) is 11.9 Å². The number of rotatable bonds is 8. The van der Waals surface area contributed by atoms with Gasteiger partial charge in [-0.2, -0.15) is 0 Å². The number of carbonyl (C=O) groups excluding carboxylic acids is 1. The lowest BCUT2D eigenvalue weighted by molar-refractivity contribution is -0.118. The van der Waals surface area contributed by atoms with Gasteiger partial charge in [-0.15, -0.1) is 0 Å². The van der Waals surface area contributed by atoms with Crippen LogP contribution in [-0.2, 0) is 16.0 Å².